The van der Waals surface area contributed by atoms with E-state index < -0.39 is 65.9 Å². The Hall–Kier alpha value is -2.73. The molecule has 0 N–H and O–H groups in total. The second-order valence-electron chi connectivity index (χ2n) is 14.5. The Kier molecular flexibility index (Phi) is 13.7. The number of ketones is 2. The van der Waals surface area contributed by atoms with Crippen LogP contribution in [0.25, 0.3) is 10.4 Å². The van der Waals surface area contributed by atoms with E-state index in [9.17, 15) is 19.2 Å². The van der Waals surface area contributed by atoms with E-state index in [1.807, 2.05) is 48.7 Å². The van der Waals surface area contributed by atoms with Crippen LogP contribution in [0.4, 0.5) is 4.79 Å². The highest BCUT2D eigenvalue weighted by molar-refractivity contribution is 6.00. The number of Topliss-reactive ketones (excluding diaryl/α,β-unsaturated/α-hetero) is 2. The summed E-state index contributed by atoms with van der Waals surface area (Å²) >= 11 is 0. The SMILES string of the molecule is CCC1OC(=O)C(C)C(=O)C(C)[C@@H](OC2CC(N(C)C)CC(C)O2)C(C)C[C@@H](C)C(=O)[C@H](C)[C@H]2N(CCCCN=[N+]=[N-])C(=O)O[C@]12C. The van der Waals surface area contributed by atoms with Gasteiger partial charge in [-0.05, 0) is 78.4 Å². The topological polar surface area (TPSA) is 160 Å². The molecule has 7 unspecified atom stereocenters. The van der Waals surface area contributed by atoms with Crippen molar-refractivity contribution >= 4 is 23.6 Å². The molecule has 0 saturated carbocycles. The van der Waals surface area contributed by atoms with Crippen LogP contribution in [0, 0.1) is 29.6 Å². The minimum absolute atomic E-state index is 0.0325. The van der Waals surface area contributed by atoms with Gasteiger partial charge in [0.25, 0.3) is 0 Å². The number of fused-ring (bicyclic) bond motifs is 1. The van der Waals surface area contributed by atoms with Crippen LogP contribution in [0.2, 0.25) is 0 Å². The minimum Gasteiger partial charge on any atom is -0.458 e. The Morgan fingerprint density at radius 2 is 1.68 bits per heavy atom. The summed E-state index contributed by atoms with van der Waals surface area (Å²) < 4.78 is 24.8. The molecule has 3 fully saturated rings. The number of hydrogen-bond acceptors (Lipinski definition) is 10. The number of ether oxygens (including phenoxy) is 4. The number of azide groups is 1. The van der Waals surface area contributed by atoms with Crippen LogP contribution < -0.4 is 0 Å². The molecule has 12 atom stereocenters. The molecule has 266 valence electrons. The summed E-state index contributed by atoms with van der Waals surface area (Å²) in [6.45, 7) is 15.1. The third-order valence-corrected chi connectivity index (χ3v) is 10.6. The zero-order valence-electron chi connectivity index (χ0n) is 30.0. The van der Waals surface area contributed by atoms with Crippen LogP contribution >= 0.6 is 0 Å². The smallest absolute Gasteiger partial charge is 0.410 e. The fourth-order valence-electron chi connectivity index (χ4n) is 7.93. The Morgan fingerprint density at radius 3 is 2.30 bits per heavy atom. The molecule has 0 bridgehead atoms. The molecule has 3 heterocycles. The first kappa shape index (κ1) is 38.7. The van der Waals surface area contributed by atoms with Crippen molar-refractivity contribution in [1.29, 1.82) is 0 Å². The maximum Gasteiger partial charge on any atom is 0.410 e. The molecule has 13 nitrogen and oxygen atoms in total. The molecule has 0 aromatic rings. The normalized spacial score (nSPS) is 39.1. The molecule has 0 spiro atoms. The molecule has 3 aliphatic rings. The Bertz CT molecular complexity index is 1180. The second-order valence-corrected chi connectivity index (χ2v) is 14.5. The van der Waals surface area contributed by atoms with Crippen LogP contribution in [0.15, 0.2) is 5.11 Å². The Labute approximate surface area is 280 Å². The van der Waals surface area contributed by atoms with Crippen molar-refractivity contribution in [2.24, 2.45) is 34.7 Å². The molecule has 1 amide bonds. The fourth-order valence-corrected chi connectivity index (χ4v) is 7.93. The van der Waals surface area contributed by atoms with E-state index in [2.05, 4.69) is 14.9 Å². The number of amides is 1. The van der Waals surface area contributed by atoms with Gasteiger partial charge in [0.15, 0.2) is 17.7 Å². The van der Waals surface area contributed by atoms with Gasteiger partial charge in [0.1, 0.15) is 17.8 Å². The summed E-state index contributed by atoms with van der Waals surface area (Å²) in [7, 11) is 4.06. The van der Waals surface area contributed by atoms with Gasteiger partial charge in [-0.1, -0.05) is 39.7 Å². The monoisotopic (exact) mass is 663 g/mol. The van der Waals surface area contributed by atoms with Gasteiger partial charge in [-0.3, -0.25) is 14.4 Å². The molecule has 0 radical (unpaired) electrons. The van der Waals surface area contributed by atoms with E-state index >= 15 is 0 Å². The number of esters is 1. The zero-order valence-corrected chi connectivity index (χ0v) is 30.0. The summed E-state index contributed by atoms with van der Waals surface area (Å²) in [6.07, 6.45) is 0.643. The maximum atomic E-state index is 14.2. The van der Waals surface area contributed by atoms with Crippen molar-refractivity contribution in [3.63, 3.8) is 0 Å². The maximum absolute atomic E-state index is 14.2. The standard InChI is InChI=1S/C34H57N5O8/c1-11-26-34(8)31(39(33(43)47-34)15-13-12-14-36-37-35)23(6)28(40)19(2)16-20(3)30(22(5)29(41)24(7)32(42)45-26)46-27-18-25(38(9)10)17-21(4)44-27/h19-27,30-31H,11-18H2,1-10H3/t19-,20?,21?,22?,23+,24?,25?,26?,27?,30+,31-,34-/m1/s1. The highest BCUT2D eigenvalue weighted by Crippen LogP contribution is 2.42. The van der Waals surface area contributed by atoms with Gasteiger partial charge in [0.05, 0.1) is 18.2 Å². The Balaban J connectivity index is 1.99. The number of unbranched alkanes of at least 4 members (excludes halogenated alkanes) is 1. The van der Waals surface area contributed by atoms with Gasteiger partial charge in [0.2, 0.25) is 0 Å². The van der Waals surface area contributed by atoms with E-state index in [0.29, 0.717) is 32.1 Å². The highest BCUT2D eigenvalue weighted by Gasteiger charge is 2.59. The Morgan fingerprint density at radius 1 is 1.00 bits per heavy atom. The zero-order chi connectivity index (χ0) is 35.2. The van der Waals surface area contributed by atoms with E-state index in [1.165, 1.54) is 0 Å². The number of rotatable bonds is 9. The molecule has 0 aromatic carbocycles. The van der Waals surface area contributed by atoms with E-state index in [4.69, 9.17) is 24.5 Å². The molecule has 3 rings (SSSR count). The minimum atomic E-state index is -1.34. The first-order valence-corrected chi connectivity index (χ1v) is 17.3. The number of carbonyl (C=O) groups is 4. The number of cyclic esters (lactones) is 1. The van der Waals surface area contributed by atoms with E-state index in [0.717, 1.165) is 6.42 Å². The van der Waals surface area contributed by atoms with Crippen molar-refractivity contribution in [2.75, 3.05) is 27.2 Å². The molecule has 13 heteroatoms. The van der Waals surface area contributed by atoms with E-state index in [1.54, 1.807) is 25.7 Å². The summed E-state index contributed by atoms with van der Waals surface area (Å²) in [4.78, 5) is 61.7. The van der Waals surface area contributed by atoms with Crippen molar-refractivity contribution in [2.45, 2.75) is 136 Å². The second kappa shape index (κ2) is 16.6. The predicted octanol–water partition coefficient (Wildman–Crippen LogP) is 5.54. The summed E-state index contributed by atoms with van der Waals surface area (Å²) in [5, 5.41) is 3.58. The lowest BCUT2D eigenvalue weighted by molar-refractivity contribution is -0.236. The molecule has 3 saturated heterocycles. The quantitative estimate of drug-likeness (QED) is 0.0770. The highest BCUT2D eigenvalue weighted by atomic mass is 16.7. The van der Waals surface area contributed by atoms with E-state index in [-0.39, 0.29) is 42.7 Å². The predicted molar refractivity (Wildman–Crippen MR) is 175 cm³/mol. The number of hydrogen-bond donors (Lipinski definition) is 0. The first-order valence-electron chi connectivity index (χ1n) is 17.3. The van der Waals surface area contributed by atoms with Crippen molar-refractivity contribution in [3.05, 3.63) is 10.4 Å². The number of carbonyl (C=O) groups excluding carboxylic acids is 4. The van der Waals surface area contributed by atoms with Gasteiger partial charge in [-0.15, -0.1) is 0 Å². The van der Waals surface area contributed by atoms with Crippen molar-refractivity contribution in [1.82, 2.24) is 9.80 Å². The van der Waals surface area contributed by atoms with Gasteiger partial charge < -0.3 is 28.7 Å². The molecule has 0 aliphatic carbocycles. The van der Waals surface area contributed by atoms with Gasteiger partial charge in [-0.25, -0.2) is 4.79 Å². The lowest BCUT2D eigenvalue weighted by Crippen LogP contribution is -2.58. The summed E-state index contributed by atoms with van der Waals surface area (Å²) in [6, 6.07) is -0.477. The van der Waals surface area contributed by atoms with Crippen LogP contribution in [0.5, 0.6) is 0 Å². The first-order chi connectivity index (χ1) is 22.1. The lowest BCUT2D eigenvalue weighted by Gasteiger charge is -2.42. The average molecular weight is 664 g/mol. The summed E-state index contributed by atoms with van der Waals surface area (Å²) in [5.41, 5.74) is 7.29. The number of nitrogens with zero attached hydrogens (tertiary/aromatic N) is 5. The van der Waals surface area contributed by atoms with Crippen LogP contribution in [0.3, 0.4) is 0 Å². The van der Waals surface area contributed by atoms with Gasteiger partial charge >= 0.3 is 12.1 Å². The largest absolute Gasteiger partial charge is 0.458 e. The van der Waals surface area contributed by atoms with Crippen LogP contribution in [-0.4, -0.2) is 103 Å². The molecular weight excluding hydrogens is 606 g/mol. The molecular formula is C34H57N5O8. The summed E-state index contributed by atoms with van der Waals surface area (Å²) in [5.74, 6) is -4.15. The molecule has 47 heavy (non-hydrogen) atoms. The fraction of sp³-hybridized carbons (Fsp3) is 0.882. The van der Waals surface area contributed by atoms with Gasteiger partial charge in [0, 0.05) is 48.2 Å². The van der Waals surface area contributed by atoms with Crippen molar-refractivity contribution in [3.8, 4) is 0 Å². The third-order valence-electron chi connectivity index (χ3n) is 10.6. The van der Waals surface area contributed by atoms with Crippen molar-refractivity contribution < 1.29 is 38.1 Å². The third kappa shape index (κ3) is 8.85. The lowest BCUT2D eigenvalue weighted by atomic mass is 9.74. The average Bonchev–Trinajstić information content (AvgIpc) is 3.28. The van der Waals surface area contributed by atoms with Crippen LogP contribution in [0.1, 0.15) is 93.9 Å². The van der Waals surface area contributed by atoms with Gasteiger partial charge in [-0.2, -0.15) is 0 Å². The van der Waals surface area contributed by atoms with Crippen LogP contribution in [-0.2, 0) is 33.3 Å². The molecule has 3 aliphatic heterocycles. The molecule has 0 aromatic heterocycles.